The van der Waals surface area contributed by atoms with E-state index in [-0.39, 0.29) is 0 Å². The van der Waals surface area contributed by atoms with Crippen molar-refractivity contribution < 1.29 is 0 Å². The molecular formula is C9H9N2. The van der Waals surface area contributed by atoms with Crippen LogP contribution < -0.4 is 0 Å². The lowest BCUT2D eigenvalue weighted by Crippen LogP contribution is -1.49. The number of nitrogens with one attached hydrogen (secondary N) is 1. The highest BCUT2D eigenvalue weighted by Crippen LogP contribution is 1.78. The first-order valence-corrected chi connectivity index (χ1v) is 3.34. The standard InChI is InChI=1S/C6H5.C3H4N2/c1-2-4-6-5-3-1;1-2-5-3-4-1/h1-5H;1-3H,(H,4,5). The number of aromatic amines is 1. The Labute approximate surface area is 65.9 Å². The molecule has 0 aliphatic rings. The van der Waals surface area contributed by atoms with Crippen molar-refractivity contribution in [1.29, 1.82) is 0 Å². The van der Waals surface area contributed by atoms with Crippen molar-refractivity contribution in [2.75, 3.05) is 0 Å². The minimum Gasteiger partial charge on any atom is -0.351 e. The zero-order valence-corrected chi connectivity index (χ0v) is 6.07. The molecule has 0 aliphatic carbocycles. The molecule has 55 valence electrons. The predicted molar refractivity (Wildman–Crippen MR) is 43.9 cm³/mol. The van der Waals surface area contributed by atoms with Gasteiger partial charge in [-0.1, -0.05) is 30.3 Å². The van der Waals surface area contributed by atoms with Gasteiger partial charge in [0.1, 0.15) is 0 Å². The lowest BCUT2D eigenvalue weighted by atomic mass is 10.4. The molecule has 1 aromatic heterocycles. The number of hydrogen-bond acceptors (Lipinski definition) is 1. The summed E-state index contributed by atoms with van der Waals surface area (Å²) in [5.41, 5.74) is 0. The van der Waals surface area contributed by atoms with Gasteiger partial charge in [0.2, 0.25) is 0 Å². The fourth-order valence-corrected chi connectivity index (χ4v) is 0.557. The third-order valence-corrected chi connectivity index (χ3v) is 1.01. The van der Waals surface area contributed by atoms with Crippen molar-refractivity contribution in [3.8, 4) is 0 Å². The summed E-state index contributed by atoms with van der Waals surface area (Å²) in [5.74, 6) is 0. The van der Waals surface area contributed by atoms with Crippen LogP contribution in [0, 0.1) is 6.07 Å². The second-order valence-corrected chi connectivity index (χ2v) is 1.84. The van der Waals surface area contributed by atoms with Crippen LogP contribution in [0.5, 0.6) is 0 Å². The summed E-state index contributed by atoms with van der Waals surface area (Å²) in [6.45, 7) is 0. The van der Waals surface area contributed by atoms with Crippen LogP contribution in [0.3, 0.4) is 0 Å². The van der Waals surface area contributed by atoms with Gasteiger partial charge < -0.3 is 4.98 Å². The van der Waals surface area contributed by atoms with Gasteiger partial charge in [0.25, 0.3) is 0 Å². The minimum atomic E-state index is 1.62. The Bertz CT molecular complexity index is 193. The predicted octanol–water partition coefficient (Wildman–Crippen LogP) is 1.90. The van der Waals surface area contributed by atoms with E-state index in [9.17, 15) is 0 Å². The molecule has 1 aromatic carbocycles. The average Bonchev–Trinajstić information content (AvgIpc) is 2.64. The van der Waals surface area contributed by atoms with E-state index in [1.165, 1.54) is 0 Å². The van der Waals surface area contributed by atoms with E-state index < -0.39 is 0 Å². The smallest absolute Gasteiger partial charge is 0.0919 e. The number of H-pyrrole nitrogens is 1. The molecule has 0 saturated carbocycles. The average molecular weight is 145 g/mol. The van der Waals surface area contributed by atoms with Crippen LogP contribution in [0.1, 0.15) is 0 Å². The fourth-order valence-electron chi connectivity index (χ4n) is 0.557. The van der Waals surface area contributed by atoms with Crippen LogP contribution in [0.15, 0.2) is 49.1 Å². The third-order valence-electron chi connectivity index (χ3n) is 1.01. The molecule has 0 unspecified atom stereocenters. The maximum Gasteiger partial charge on any atom is 0.0919 e. The molecule has 2 rings (SSSR count). The summed E-state index contributed by atoms with van der Waals surface area (Å²) in [6.07, 6.45) is 5.08. The fraction of sp³-hybridized carbons (Fsp3) is 0. The van der Waals surface area contributed by atoms with E-state index in [0.717, 1.165) is 0 Å². The molecule has 0 bridgehead atoms. The summed E-state index contributed by atoms with van der Waals surface area (Å²) < 4.78 is 0. The normalized spacial score (nSPS) is 8.00. The highest BCUT2D eigenvalue weighted by molar-refractivity contribution is 4.97. The van der Waals surface area contributed by atoms with Gasteiger partial charge in [-0.2, -0.15) is 0 Å². The van der Waals surface area contributed by atoms with Gasteiger partial charge in [-0.3, -0.25) is 0 Å². The molecule has 2 aromatic rings. The van der Waals surface area contributed by atoms with Gasteiger partial charge in [-0.15, -0.1) is 0 Å². The van der Waals surface area contributed by atoms with E-state index in [0.29, 0.717) is 0 Å². The molecule has 0 atom stereocenters. The summed E-state index contributed by atoms with van der Waals surface area (Å²) in [5, 5.41) is 0. The van der Waals surface area contributed by atoms with Crippen molar-refractivity contribution in [3.63, 3.8) is 0 Å². The summed E-state index contributed by atoms with van der Waals surface area (Å²) in [4.78, 5) is 6.42. The lowest BCUT2D eigenvalue weighted by Gasteiger charge is -1.68. The van der Waals surface area contributed by atoms with E-state index in [2.05, 4.69) is 16.0 Å². The van der Waals surface area contributed by atoms with Gasteiger partial charge in [0.15, 0.2) is 0 Å². The number of benzene rings is 1. The molecule has 0 amide bonds. The van der Waals surface area contributed by atoms with Crippen molar-refractivity contribution in [2.45, 2.75) is 0 Å². The molecule has 0 spiro atoms. The van der Waals surface area contributed by atoms with Crippen molar-refractivity contribution in [1.82, 2.24) is 9.97 Å². The number of rotatable bonds is 0. The Kier molecular flexibility index (Phi) is 3.59. The maximum atomic E-state index is 3.67. The second-order valence-electron chi connectivity index (χ2n) is 1.84. The van der Waals surface area contributed by atoms with Crippen LogP contribution in [0.2, 0.25) is 0 Å². The second kappa shape index (κ2) is 5.23. The number of aromatic nitrogens is 2. The lowest BCUT2D eigenvalue weighted by molar-refractivity contribution is 1.31. The molecule has 1 radical (unpaired) electrons. The zero-order valence-electron chi connectivity index (χ0n) is 6.07. The van der Waals surface area contributed by atoms with Crippen molar-refractivity contribution in [3.05, 3.63) is 55.1 Å². The quantitative estimate of drug-likeness (QED) is 0.602. The summed E-state index contributed by atoms with van der Waals surface area (Å²) in [7, 11) is 0. The first-order valence-electron chi connectivity index (χ1n) is 3.34. The van der Waals surface area contributed by atoms with Crippen LogP contribution in [-0.4, -0.2) is 9.97 Å². The number of imidazole rings is 1. The molecule has 11 heavy (non-hydrogen) atoms. The van der Waals surface area contributed by atoms with Gasteiger partial charge in [0.05, 0.1) is 6.33 Å². The highest BCUT2D eigenvalue weighted by atomic mass is 14.8. The van der Waals surface area contributed by atoms with Gasteiger partial charge in [0, 0.05) is 12.4 Å². The molecule has 1 heterocycles. The Morgan fingerprint density at radius 1 is 1.09 bits per heavy atom. The van der Waals surface area contributed by atoms with E-state index in [1.807, 2.05) is 30.3 Å². The topological polar surface area (TPSA) is 28.7 Å². The molecule has 1 N–H and O–H groups in total. The Hall–Kier alpha value is -1.57. The van der Waals surface area contributed by atoms with E-state index in [1.54, 1.807) is 18.7 Å². The van der Waals surface area contributed by atoms with Crippen LogP contribution in [-0.2, 0) is 0 Å². The summed E-state index contributed by atoms with van der Waals surface area (Å²) in [6, 6.07) is 12.5. The van der Waals surface area contributed by atoms with Gasteiger partial charge in [-0.05, 0) is 6.07 Å². The highest BCUT2D eigenvalue weighted by Gasteiger charge is 1.59. The molecule has 2 nitrogen and oxygen atoms in total. The molecule has 0 aliphatic heterocycles. The first kappa shape index (κ1) is 7.54. The SMILES string of the molecule is [c]1ccccc1.c1c[nH]cn1. The van der Waals surface area contributed by atoms with Crippen LogP contribution >= 0.6 is 0 Å². The van der Waals surface area contributed by atoms with Crippen LogP contribution in [0.25, 0.3) is 0 Å². The van der Waals surface area contributed by atoms with Gasteiger partial charge in [-0.25, -0.2) is 4.98 Å². The Morgan fingerprint density at radius 3 is 2.09 bits per heavy atom. The molecule has 0 saturated heterocycles. The van der Waals surface area contributed by atoms with Gasteiger partial charge >= 0.3 is 0 Å². The monoisotopic (exact) mass is 145 g/mol. The first-order chi connectivity index (χ1) is 5.50. The Morgan fingerprint density at radius 2 is 1.91 bits per heavy atom. The number of hydrogen-bond donors (Lipinski definition) is 1. The Balaban J connectivity index is 0.000000112. The number of nitrogens with zero attached hydrogens (tertiary/aromatic N) is 1. The van der Waals surface area contributed by atoms with Crippen LogP contribution in [0.4, 0.5) is 0 Å². The molecule has 2 heteroatoms. The minimum absolute atomic E-state index is 1.62. The molecule has 0 fully saturated rings. The van der Waals surface area contributed by atoms with Crippen molar-refractivity contribution in [2.24, 2.45) is 0 Å². The maximum absolute atomic E-state index is 3.67. The zero-order chi connectivity index (χ0) is 7.78. The third kappa shape index (κ3) is 3.92. The summed E-state index contributed by atoms with van der Waals surface area (Å²) >= 11 is 0. The van der Waals surface area contributed by atoms with E-state index >= 15 is 0 Å². The van der Waals surface area contributed by atoms with E-state index in [4.69, 9.17) is 0 Å². The largest absolute Gasteiger partial charge is 0.351 e. The van der Waals surface area contributed by atoms with Crippen molar-refractivity contribution >= 4 is 0 Å². The molecular weight excluding hydrogens is 136 g/mol.